The molecule has 182 valence electrons. The lowest BCUT2D eigenvalue weighted by atomic mass is 10.1. The summed E-state index contributed by atoms with van der Waals surface area (Å²) in [5, 5.41) is 6.91. The molecule has 1 amide bonds. The van der Waals surface area contributed by atoms with Crippen molar-refractivity contribution in [1.29, 1.82) is 0 Å². The van der Waals surface area contributed by atoms with Crippen molar-refractivity contribution in [3.63, 3.8) is 0 Å². The van der Waals surface area contributed by atoms with Crippen LogP contribution in [0.5, 0.6) is 5.75 Å². The van der Waals surface area contributed by atoms with Crippen molar-refractivity contribution in [3.8, 4) is 5.75 Å². The maximum Gasteiger partial charge on any atom is 0.265 e. The van der Waals surface area contributed by atoms with Crippen LogP contribution in [0.4, 0.5) is 11.4 Å². The Balaban J connectivity index is 1.22. The lowest BCUT2D eigenvalue weighted by Crippen LogP contribution is -2.36. The number of carbonyl (C=O) groups is 1. The molecule has 7 nitrogen and oxygen atoms in total. The lowest BCUT2D eigenvalue weighted by molar-refractivity contribution is -0.120. The monoisotopic (exact) mass is 473 g/mol. The minimum atomic E-state index is -0.263. The molecule has 0 spiro atoms. The Morgan fingerprint density at radius 2 is 1.71 bits per heavy atom. The Morgan fingerprint density at radius 1 is 1.00 bits per heavy atom. The normalized spacial score (nSPS) is 13.9. The van der Waals surface area contributed by atoms with Crippen molar-refractivity contribution in [2.75, 3.05) is 43.1 Å². The number of hydrogen-bond acceptors (Lipinski definition) is 6. The molecule has 1 heterocycles. The number of morpholine rings is 1. The maximum atomic E-state index is 12.2. The fourth-order valence-electron chi connectivity index (χ4n) is 3.74. The molecule has 7 heteroatoms. The first-order chi connectivity index (χ1) is 17.1. The minimum absolute atomic E-state index is 0.166. The molecular formula is C28H31N3O4. The van der Waals surface area contributed by atoms with E-state index < -0.39 is 0 Å². The molecule has 1 aliphatic heterocycles. The van der Waals surface area contributed by atoms with Gasteiger partial charge in [-0.3, -0.25) is 4.79 Å². The van der Waals surface area contributed by atoms with E-state index in [-0.39, 0.29) is 12.5 Å². The third kappa shape index (κ3) is 7.07. The van der Waals surface area contributed by atoms with Gasteiger partial charge in [-0.15, -0.1) is 0 Å². The number of benzene rings is 3. The fraction of sp³-hybridized carbons (Fsp3) is 0.286. The number of nitrogens with zero attached hydrogens (tertiary/aromatic N) is 2. The molecular weight excluding hydrogens is 442 g/mol. The van der Waals surface area contributed by atoms with E-state index in [9.17, 15) is 4.79 Å². The Kier molecular flexibility index (Phi) is 8.35. The van der Waals surface area contributed by atoms with E-state index in [1.807, 2.05) is 67.6 Å². The number of ether oxygens (including phenoxy) is 2. The molecule has 1 aliphatic rings. The van der Waals surface area contributed by atoms with Crippen molar-refractivity contribution in [1.82, 2.24) is 0 Å². The number of anilines is 2. The second-order valence-corrected chi connectivity index (χ2v) is 8.38. The van der Waals surface area contributed by atoms with Crippen molar-refractivity contribution < 1.29 is 19.1 Å². The van der Waals surface area contributed by atoms with E-state index in [1.54, 1.807) is 0 Å². The molecule has 0 atom stereocenters. The second kappa shape index (κ2) is 12.0. The smallest absolute Gasteiger partial charge is 0.265 e. The molecule has 1 fully saturated rings. The summed E-state index contributed by atoms with van der Waals surface area (Å²) in [5.41, 5.74) is 5.78. The van der Waals surface area contributed by atoms with Gasteiger partial charge >= 0.3 is 0 Å². The first-order valence-corrected chi connectivity index (χ1v) is 11.8. The summed E-state index contributed by atoms with van der Waals surface area (Å²) in [6, 6.07) is 23.6. The van der Waals surface area contributed by atoms with Crippen LogP contribution in [-0.2, 0) is 21.0 Å². The van der Waals surface area contributed by atoms with Gasteiger partial charge in [-0.1, -0.05) is 29.4 Å². The van der Waals surface area contributed by atoms with Gasteiger partial charge in [0.2, 0.25) is 0 Å². The number of carbonyl (C=O) groups excluding carboxylic acids is 1. The summed E-state index contributed by atoms with van der Waals surface area (Å²) in [5.74, 6) is 0.519. The van der Waals surface area contributed by atoms with Gasteiger partial charge in [-0.25, -0.2) is 0 Å². The third-order valence-corrected chi connectivity index (χ3v) is 5.85. The van der Waals surface area contributed by atoms with Crippen LogP contribution >= 0.6 is 0 Å². The molecule has 1 saturated heterocycles. The zero-order chi connectivity index (χ0) is 24.5. The van der Waals surface area contributed by atoms with Crippen molar-refractivity contribution in [2.24, 2.45) is 5.16 Å². The van der Waals surface area contributed by atoms with E-state index in [0.717, 1.165) is 54.6 Å². The van der Waals surface area contributed by atoms with Gasteiger partial charge in [-0.05, 0) is 79.1 Å². The van der Waals surface area contributed by atoms with Crippen LogP contribution in [0.15, 0.2) is 78.0 Å². The average Bonchev–Trinajstić information content (AvgIpc) is 2.89. The lowest BCUT2D eigenvalue weighted by Gasteiger charge is -2.28. The van der Waals surface area contributed by atoms with E-state index >= 15 is 0 Å². The van der Waals surface area contributed by atoms with Gasteiger partial charge < -0.3 is 24.5 Å². The third-order valence-electron chi connectivity index (χ3n) is 5.85. The first kappa shape index (κ1) is 24.3. The Bertz CT molecular complexity index is 1140. The van der Waals surface area contributed by atoms with Crippen LogP contribution in [0, 0.1) is 6.92 Å². The highest BCUT2D eigenvalue weighted by Crippen LogP contribution is 2.19. The van der Waals surface area contributed by atoms with Crippen LogP contribution in [0.25, 0.3) is 0 Å². The molecule has 0 aromatic heterocycles. The Hall–Kier alpha value is -3.84. The number of nitrogens with one attached hydrogen (secondary N) is 1. The van der Waals surface area contributed by atoms with Crippen LogP contribution in [-0.4, -0.2) is 44.5 Å². The van der Waals surface area contributed by atoms with Crippen molar-refractivity contribution >= 4 is 23.0 Å². The predicted molar refractivity (Wildman–Crippen MR) is 138 cm³/mol. The van der Waals surface area contributed by atoms with Crippen LogP contribution in [0.2, 0.25) is 0 Å². The molecule has 0 aliphatic carbocycles. The second-order valence-electron chi connectivity index (χ2n) is 8.38. The van der Waals surface area contributed by atoms with Gasteiger partial charge in [-0.2, -0.15) is 0 Å². The number of aryl methyl sites for hydroxylation is 1. The highest BCUT2D eigenvalue weighted by atomic mass is 16.6. The van der Waals surface area contributed by atoms with Gasteiger partial charge in [0.05, 0.1) is 18.9 Å². The quantitative estimate of drug-likeness (QED) is 0.357. The van der Waals surface area contributed by atoms with Gasteiger partial charge in [0.25, 0.3) is 5.91 Å². The molecule has 0 saturated carbocycles. The number of oxime groups is 1. The Morgan fingerprint density at radius 3 is 2.43 bits per heavy atom. The molecule has 3 aromatic carbocycles. The summed E-state index contributed by atoms with van der Waals surface area (Å²) in [6.07, 6.45) is 0. The fourth-order valence-corrected chi connectivity index (χ4v) is 3.74. The van der Waals surface area contributed by atoms with E-state index in [2.05, 4.69) is 34.4 Å². The summed E-state index contributed by atoms with van der Waals surface area (Å²) < 4.78 is 11.3. The molecule has 35 heavy (non-hydrogen) atoms. The molecule has 0 unspecified atom stereocenters. The van der Waals surface area contributed by atoms with E-state index in [0.29, 0.717) is 12.3 Å². The average molecular weight is 474 g/mol. The highest BCUT2D eigenvalue weighted by molar-refractivity contribution is 5.98. The zero-order valence-corrected chi connectivity index (χ0v) is 20.2. The van der Waals surface area contributed by atoms with E-state index in [1.165, 1.54) is 5.56 Å². The molecule has 0 bridgehead atoms. The van der Waals surface area contributed by atoms with Crippen molar-refractivity contribution in [2.45, 2.75) is 20.5 Å². The number of amides is 1. The summed E-state index contributed by atoms with van der Waals surface area (Å²) in [4.78, 5) is 19.8. The Labute approximate surface area is 206 Å². The SMILES string of the molecule is C/C(=N\OCC(=O)Nc1ccc(N2CCOCC2)cc1)c1ccc(OCc2ccccc2C)cc1. The van der Waals surface area contributed by atoms with Crippen LogP contribution in [0.1, 0.15) is 23.6 Å². The largest absolute Gasteiger partial charge is 0.489 e. The van der Waals surface area contributed by atoms with Gasteiger partial charge in [0, 0.05) is 24.5 Å². The molecule has 0 radical (unpaired) electrons. The van der Waals surface area contributed by atoms with Gasteiger partial charge in [0.15, 0.2) is 6.61 Å². The molecule has 3 aromatic rings. The summed E-state index contributed by atoms with van der Waals surface area (Å²) in [7, 11) is 0. The first-order valence-electron chi connectivity index (χ1n) is 11.8. The van der Waals surface area contributed by atoms with Gasteiger partial charge in [0.1, 0.15) is 12.4 Å². The predicted octanol–water partition coefficient (Wildman–Crippen LogP) is 4.79. The van der Waals surface area contributed by atoms with Crippen LogP contribution in [0.3, 0.4) is 0 Å². The topological polar surface area (TPSA) is 72.4 Å². The number of hydrogen-bond donors (Lipinski definition) is 1. The van der Waals surface area contributed by atoms with Crippen molar-refractivity contribution in [3.05, 3.63) is 89.5 Å². The molecule has 4 rings (SSSR count). The zero-order valence-electron chi connectivity index (χ0n) is 20.2. The maximum absolute atomic E-state index is 12.2. The summed E-state index contributed by atoms with van der Waals surface area (Å²) in [6.45, 7) is 7.49. The highest BCUT2D eigenvalue weighted by Gasteiger charge is 2.11. The van der Waals surface area contributed by atoms with Crippen LogP contribution < -0.4 is 15.0 Å². The molecule has 1 N–H and O–H groups in total. The standard InChI is InChI=1S/C28H31N3O4/c1-21-5-3-4-6-24(21)19-34-27-13-7-23(8-14-27)22(2)30-35-20-28(32)29-25-9-11-26(12-10-25)31-15-17-33-18-16-31/h3-14H,15-20H2,1-2H3,(H,29,32)/b30-22+. The summed E-state index contributed by atoms with van der Waals surface area (Å²) >= 11 is 0. The minimum Gasteiger partial charge on any atom is -0.489 e. The number of rotatable bonds is 9. The van der Waals surface area contributed by atoms with E-state index in [4.69, 9.17) is 14.3 Å².